The van der Waals surface area contributed by atoms with Crippen molar-refractivity contribution in [3.05, 3.63) is 23.9 Å². The van der Waals surface area contributed by atoms with E-state index in [1.165, 1.54) is 4.90 Å². The molecule has 0 heterocycles. The van der Waals surface area contributed by atoms with Gasteiger partial charge in [0, 0.05) is 33.8 Å². The smallest absolute Gasteiger partial charge is 0.209 e. The number of nitriles is 1. The SMILES string of the molecule is CC(C#N)=CC=CN(C)C.CN(C)C=O. The van der Waals surface area contributed by atoms with Crippen molar-refractivity contribution < 1.29 is 4.79 Å². The monoisotopic (exact) mass is 209 g/mol. The fourth-order valence-corrected chi connectivity index (χ4v) is 0.397. The summed E-state index contributed by atoms with van der Waals surface area (Å²) in [5, 5.41) is 8.33. The van der Waals surface area contributed by atoms with Crippen LogP contribution in [-0.4, -0.2) is 44.4 Å². The van der Waals surface area contributed by atoms with Gasteiger partial charge in [0.1, 0.15) is 0 Å². The third-order valence-corrected chi connectivity index (χ3v) is 1.12. The van der Waals surface area contributed by atoms with Crippen molar-refractivity contribution in [2.75, 3.05) is 28.2 Å². The molecular weight excluding hydrogens is 190 g/mol. The predicted molar refractivity (Wildman–Crippen MR) is 61.9 cm³/mol. The Kier molecular flexibility index (Phi) is 10.8. The highest BCUT2D eigenvalue weighted by molar-refractivity contribution is 5.45. The summed E-state index contributed by atoms with van der Waals surface area (Å²) in [7, 11) is 7.25. The number of carbonyl (C=O) groups is 1. The van der Waals surface area contributed by atoms with Crippen LogP contribution in [0.5, 0.6) is 0 Å². The third-order valence-electron chi connectivity index (χ3n) is 1.12. The number of hydrogen-bond acceptors (Lipinski definition) is 3. The highest BCUT2D eigenvalue weighted by Gasteiger charge is 1.77. The van der Waals surface area contributed by atoms with Crippen LogP contribution in [0.15, 0.2) is 23.9 Å². The van der Waals surface area contributed by atoms with Gasteiger partial charge in [-0.15, -0.1) is 0 Å². The van der Waals surface area contributed by atoms with Crippen molar-refractivity contribution in [2.45, 2.75) is 6.92 Å². The summed E-state index contributed by atoms with van der Waals surface area (Å²) in [4.78, 5) is 12.8. The largest absolute Gasteiger partial charge is 0.383 e. The van der Waals surface area contributed by atoms with E-state index in [1.807, 2.05) is 37.3 Å². The maximum atomic E-state index is 9.43. The fraction of sp³-hybridized carbons (Fsp3) is 0.455. The minimum absolute atomic E-state index is 0.720. The lowest BCUT2D eigenvalue weighted by atomic mass is 10.3. The van der Waals surface area contributed by atoms with Crippen LogP contribution in [0, 0.1) is 11.3 Å². The molecule has 4 heteroatoms. The molecule has 0 aliphatic heterocycles. The number of nitrogens with zero attached hydrogens (tertiary/aromatic N) is 3. The van der Waals surface area contributed by atoms with Crippen LogP contribution in [0.3, 0.4) is 0 Å². The van der Waals surface area contributed by atoms with E-state index in [-0.39, 0.29) is 0 Å². The number of amides is 1. The quantitative estimate of drug-likeness (QED) is 0.399. The molecule has 0 spiro atoms. The lowest BCUT2D eigenvalue weighted by Gasteiger charge is -2.00. The zero-order valence-corrected chi connectivity index (χ0v) is 10.1. The fourth-order valence-electron chi connectivity index (χ4n) is 0.397. The maximum absolute atomic E-state index is 9.43. The van der Waals surface area contributed by atoms with Gasteiger partial charge in [0.2, 0.25) is 6.41 Å². The zero-order valence-electron chi connectivity index (χ0n) is 10.1. The first-order valence-corrected chi connectivity index (χ1v) is 4.47. The van der Waals surface area contributed by atoms with E-state index in [0.29, 0.717) is 0 Å². The Hall–Kier alpha value is -1.76. The molecule has 0 atom stereocenters. The van der Waals surface area contributed by atoms with Crippen LogP contribution in [0.25, 0.3) is 0 Å². The van der Waals surface area contributed by atoms with E-state index in [0.717, 1.165) is 12.0 Å². The molecule has 0 aromatic heterocycles. The summed E-state index contributed by atoms with van der Waals surface area (Å²) in [5.74, 6) is 0. The van der Waals surface area contributed by atoms with Crippen molar-refractivity contribution in [3.8, 4) is 6.07 Å². The van der Waals surface area contributed by atoms with Crippen LogP contribution >= 0.6 is 0 Å². The van der Waals surface area contributed by atoms with Crippen molar-refractivity contribution >= 4 is 6.41 Å². The molecule has 0 bridgehead atoms. The molecule has 0 saturated heterocycles. The Labute approximate surface area is 92.1 Å². The molecule has 0 saturated carbocycles. The molecule has 0 unspecified atom stereocenters. The number of hydrogen-bond donors (Lipinski definition) is 0. The van der Waals surface area contributed by atoms with Crippen molar-refractivity contribution in [2.24, 2.45) is 0 Å². The van der Waals surface area contributed by atoms with Crippen LogP contribution < -0.4 is 0 Å². The van der Waals surface area contributed by atoms with Crippen molar-refractivity contribution in [1.82, 2.24) is 9.80 Å². The lowest BCUT2D eigenvalue weighted by molar-refractivity contribution is -0.115. The zero-order chi connectivity index (χ0) is 12.3. The van der Waals surface area contributed by atoms with Crippen molar-refractivity contribution in [3.63, 3.8) is 0 Å². The molecule has 0 aromatic rings. The first-order chi connectivity index (χ1) is 6.93. The van der Waals surface area contributed by atoms with Crippen LogP contribution in [0.4, 0.5) is 0 Å². The minimum atomic E-state index is 0.720. The van der Waals surface area contributed by atoms with E-state index >= 15 is 0 Å². The van der Waals surface area contributed by atoms with E-state index < -0.39 is 0 Å². The Morgan fingerprint density at radius 1 is 1.20 bits per heavy atom. The number of carbonyl (C=O) groups excluding carboxylic acids is 1. The predicted octanol–water partition coefficient (Wildman–Crippen LogP) is 1.24. The molecule has 0 N–H and O–H groups in total. The van der Waals surface area contributed by atoms with Gasteiger partial charge in [-0.05, 0) is 25.3 Å². The Morgan fingerprint density at radius 3 is 1.93 bits per heavy atom. The molecule has 1 amide bonds. The highest BCUT2D eigenvalue weighted by Crippen LogP contribution is 1.89. The molecule has 0 fully saturated rings. The van der Waals surface area contributed by atoms with Gasteiger partial charge in [-0.1, -0.05) is 0 Å². The Balaban J connectivity index is 0. The average Bonchev–Trinajstić information content (AvgIpc) is 2.17. The molecular formula is C11H19N3O. The van der Waals surface area contributed by atoms with E-state index in [9.17, 15) is 4.79 Å². The van der Waals surface area contributed by atoms with Gasteiger partial charge in [-0.2, -0.15) is 5.26 Å². The molecule has 0 radical (unpaired) electrons. The molecule has 0 aliphatic carbocycles. The molecule has 4 nitrogen and oxygen atoms in total. The molecule has 0 rings (SSSR count). The Morgan fingerprint density at radius 2 is 1.67 bits per heavy atom. The standard InChI is InChI=1S/C8H12N2.C3H7NO/c1-8(7-9)5-4-6-10(2)3;1-4(2)3-5/h4-6H,1-3H3;3H,1-2H3. The van der Waals surface area contributed by atoms with Gasteiger partial charge in [0.05, 0.1) is 6.07 Å². The normalized spacial score (nSPS) is 10.0. The summed E-state index contributed by atoms with van der Waals surface area (Å²) in [5.41, 5.74) is 0.720. The molecule has 0 aliphatic rings. The van der Waals surface area contributed by atoms with E-state index in [2.05, 4.69) is 0 Å². The van der Waals surface area contributed by atoms with Gasteiger partial charge in [-0.3, -0.25) is 4.79 Å². The summed E-state index contributed by atoms with van der Waals surface area (Å²) < 4.78 is 0. The highest BCUT2D eigenvalue weighted by atomic mass is 16.1. The second kappa shape index (κ2) is 10.3. The number of rotatable bonds is 3. The van der Waals surface area contributed by atoms with Crippen molar-refractivity contribution in [1.29, 1.82) is 5.26 Å². The first kappa shape index (κ1) is 15.7. The molecule has 0 aromatic carbocycles. The maximum Gasteiger partial charge on any atom is 0.209 e. The lowest BCUT2D eigenvalue weighted by Crippen LogP contribution is -2.06. The summed E-state index contributed by atoms with van der Waals surface area (Å²) >= 11 is 0. The molecule has 84 valence electrons. The summed E-state index contributed by atoms with van der Waals surface area (Å²) in [6.45, 7) is 1.78. The average molecular weight is 209 g/mol. The second-order valence-electron chi connectivity index (χ2n) is 3.34. The van der Waals surface area contributed by atoms with Gasteiger partial charge >= 0.3 is 0 Å². The summed E-state index contributed by atoms with van der Waals surface area (Å²) in [6, 6.07) is 2.03. The minimum Gasteiger partial charge on any atom is -0.383 e. The van der Waals surface area contributed by atoms with Crippen LogP contribution in [0.2, 0.25) is 0 Å². The van der Waals surface area contributed by atoms with Gasteiger partial charge in [0.25, 0.3) is 0 Å². The topological polar surface area (TPSA) is 47.3 Å². The van der Waals surface area contributed by atoms with Crippen LogP contribution in [-0.2, 0) is 4.79 Å². The van der Waals surface area contributed by atoms with E-state index in [1.54, 1.807) is 27.1 Å². The first-order valence-electron chi connectivity index (χ1n) is 4.47. The van der Waals surface area contributed by atoms with Gasteiger partial charge < -0.3 is 9.80 Å². The second-order valence-corrected chi connectivity index (χ2v) is 3.34. The van der Waals surface area contributed by atoms with Crippen LogP contribution in [0.1, 0.15) is 6.92 Å². The van der Waals surface area contributed by atoms with E-state index in [4.69, 9.17) is 5.26 Å². The Bertz CT molecular complexity index is 259. The van der Waals surface area contributed by atoms with Gasteiger partial charge in [0.15, 0.2) is 0 Å². The number of allylic oxidation sites excluding steroid dienone is 3. The summed E-state index contributed by atoms with van der Waals surface area (Å²) in [6.07, 6.45) is 6.26. The van der Waals surface area contributed by atoms with Gasteiger partial charge in [-0.25, -0.2) is 0 Å². The molecule has 15 heavy (non-hydrogen) atoms. The third kappa shape index (κ3) is 18.9.